The van der Waals surface area contributed by atoms with E-state index in [-0.39, 0.29) is 12.3 Å². The Labute approximate surface area is 136 Å². The molecule has 8 heteroatoms. The monoisotopic (exact) mass is 329 g/mol. The number of nitrogen functional groups attached to an aromatic ring is 1. The van der Waals surface area contributed by atoms with Gasteiger partial charge in [0.25, 0.3) is 0 Å². The number of aryl methyl sites for hydroxylation is 1. The van der Waals surface area contributed by atoms with E-state index < -0.39 is 6.04 Å². The van der Waals surface area contributed by atoms with Crippen LogP contribution < -0.4 is 11.1 Å². The predicted octanol–water partition coefficient (Wildman–Crippen LogP) is 1.87. The standard InChI is InChI=1S/C15H15N5O2S/c1-9-7-11(22-20-9)8-12(21)17-13(10-5-3-2-4-6-10)14-18-19-15(16)23-14/h2-7,13H,8H2,1H3,(H2,16,19)(H,17,21)/t13-/m1/s1. The quantitative estimate of drug-likeness (QED) is 0.740. The molecule has 3 N–H and O–H groups in total. The highest BCUT2D eigenvalue weighted by molar-refractivity contribution is 7.15. The van der Waals surface area contributed by atoms with E-state index in [4.69, 9.17) is 10.3 Å². The molecule has 0 aliphatic heterocycles. The summed E-state index contributed by atoms with van der Waals surface area (Å²) in [6, 6.07) is 10.9. The zero-order valence-corrected chi connectivity index (χ0v) is 13.2. The van der Waals surface area contributed by atoms with Gasteiger partial charge in [-0.05, 0) is 12.5 Å². The first-order valence-electron chi connectivity index (χ1n) is 6.97. The fraction of sp³-hybridized carbons (Fsp3) is 0.200. The minimum Gasteiger partial charge on any atom is -0.374 e. The van der Waals surface area contributed by atoms with E-state index in [0.717, 1.165) is 11.3 Å². The summed E-state index contributed by atoms with van der Waals surface area (Å²) in [5.41, 5.74) is 7.31. The van der Waals surface area contributed by atoms with Crippen LogP contribution in [0.2, 0.25) is 0 Å². The van der Waals surface area contributed by atoms with E-state index in [0.29, 0.717) is 15.9 Å². The molecule has 0 unspecified atom stereocenters. The third-order valence-electron chi connectivity index (χ3n) is 3.15. The molecular formula is C15H15N5O2S. The zero-order valence-electron chi connectivity index (χ0n) is 12.4. The third kappa shape index (κ3) is 3.72. The Balaban J connectivity index is 1.80. The Hall–Kier alpha value is -2.74. The van der Waals surface area contributed by atoms with Crippen LogP contribution >= 0.6 is 11.3 Å². The van der Waals surface area contributed by atoms with Crippen molar-refractivity contribution in [3.63, 3.8) is 0 Å². The van der Waals surface area contributed by atoms with Crippen LogP contribution in [0.1, 0.15) is 28.1 Å². The summed E-state index contributed by atoms with van der Waals surface area (Å²) < 4.78 is 5.08. The Kier molecular flexibility index (Phi) is 4.33. The highest BCUT2D eigenvalue weighted by Gasteiger charge is 2.21. The molecule has 3 aromatic rings. The van der Waals surface area contributed by atoms with Gasteiger partial charge in [-0.2, -0.15) is 0 Å². The number of anilines is 1. The first kappa shape index (κ1) is 15.2. The summed E-state index contributed by atoms with van der Waals surface area (Å²) in [7, 11) is 0. The maximum atomic E-state index is 12.3. The molecule has 1 atom stereocenters. The highest BCUT2D eigenvalue weighted by atomic mass is 32.1. The lowest BCUT2D eigenvalue weighted by atomic mass is 10.1. The second kappa shape index (κ2) is 6.57. The molecule has 7 nitrogen and oxygen atoms in total. The van der Waals surface area contributed by atoms with Crippen molar-refractivity contribution < 1.29 is 9.32 Å². The van der Waals surface area contributed by atoms with Crippen LogP contribution in [0.3, 0.4) is 0 Å². The van der Waals surface area contributed by atoms with Crippen molar-refractivity contribution in [1.82, 2.24) is 20.7 Å². The van der Waals surface area contributed by atoms with Crippen molar-refractivity contribution in [2.75, 3.05) is 5.73 Å². The SMILES string of the molecule is Cc1cc(CC(=O)N[C@H](c2ccccc2)c2nnc(N)s2)on1. The number of aromatic nitrogens is 3. The van der Waals surface area contributed by atoms with Crippen LogP contribution in [0.25, 0.3) is 0 Å². The molecule has 0 spiro atoms. The van der Waals surface area contributed by atoms with E-state index in [9.17, 15) is 4.79 Å². The highest BCUT2D eigenvalue weighted by Crippen LogP contribution is 2.26. The second-order valence-corrected chi connectivity index (χ2v) is 6.04. The number of nitrogens with zero attached hydrogens (tertiary/aromatic N) is 3. The van der Waals surface area contributed by atoms with E-state index in [2.05, 4.69) is 20.7 Å². The number of rotatable bonds is 5. The van der Waals surface area contributed by atoms with Gasteiger partial charge < -0.3 is 15.6 Å². The molecule has 2 heterocycles. The lowest BCUT2D eigenvalue weighted by molar-refractivity contribution is -0.121. The van der Waals surface area contributed by atoms with E-state index in [1.165, 1.54) is 11.3 Å². The average Bonchev–Trinajstić information content (AvgIpc) is 3.14. The van der Waals surface area contributed by atoms with E-state index in [1.54, 1.807) is 6.07 Å². The van der Waals surface area contributed by atoms with Gasteiger partial charge in [0.15, 0.2) is 0 Å². The fourth-order valence-corrected chi connectivity index (χ4v) is 2.86. The minimum atomic E-state index is -0.400. The Morgan fingerprint density at radius 1 is 1.35 bits per heavy atom. The van der Waals surface area contributed by atoms with E-state index in [1.807, 2.05) is 37.3 Å². The lowest BCUT2D eigenvalue weighted by Gasteiger charge is -2.16. The van der Waals surface area contributed by atoms with Gasteiger partial charge in [0.1, 0.15) is 16.8 Å². The largest absolute Gasteiger partial charge is 0.374 e. The molecule has 1 aromatic carbocycles. The number of nitrogens with one attached hydrogen (secondary N) is 1. The number of hydrogen-bond donors (Lipinski definition) is 2. The molecule has 0 fully saturated rings. The minimum absolute atomic E-state index is 0.110. The molecule has 0 aliphatic rings. The van der Waals surface area contributed by atoms with Gasteiger partial charge in [0.05, 0.1) is 12.1 Å². The number of carbonyl (C=O) groups excluding carboxylic acids is 1. The Morgan fingerprint density at radius 2 is 2.13 bits per heavy atom. The molecule has 0 saturated carbocycles. The van der Waals surface area contributed by atoms with Crippen molar-refractivity contribution in [2.24, 2.45) is 0 Å². The fourth-order valence-electron chi connectivity index (χ4n) is 2.17. The molecule has 0 saturated heterocycles. The Morgan fingerprint density at radius 3 is 2.74 bits per heavy atom. The molecule has 118 valence electrons. The molecule has 23 heavy (non-hydrogen) atoms. The maximum absolute atomic E-state index is 12.3. The summed E-state index contributed by atoms with van der Waals surface area (Å²) in [5.74, 6) is 0.326. The van der Waals surface area contributed by atoms with Gasteiger partial charge in [-0.1, -0.05) is 46.8 Å². The van der Waals surface area contributed by atoms with Crippen molar-refractivity contribution in [3.8, 4) is 0 Å². The van der Waals surface area contributed by atoms with Gasteiger partial charge in [-0.15, -0.1) is 10.2 Å². The number of hydrogen-bond acceptors (Lipinski definition) is 7. The normalized spacial score (nSPS) is 12.0. The summed E-state index contributed by atoms with van der Waals surface area (Å²) in [5, 5.41) is 15.6. The summed E-state index contributed by atoms with van der Waals surface area (Å²) in [6.07, 6.45) is 0.110. The summed E-state index contributed by atoms with van der Waals surface area (Å²) in [4.78, 5) is 12.3. The van der Waals surface area contributed by atoms with Gasteiger partial charge in [0.2, 0.25) is 11.0 Å². The lowest BCUT2D eigenvalue weighted by Crippen LogP contribution is -2.30. The van der Waals surface area contributed by atoms with Crippen LogP contribution in [0.15, 0.2) is 40.9 Å². The van der Waals surface area contributed by atoms with Crippen molar-refractivity contribution in [1.29, 1.82) is 0 Å². The molecule has 0 bridgehead atoms. The first-order chi connectivity index (χ1) is 11.1. The number of benzene rings is 1. The molecule has 0 aliphatic carbocycles. The maximum Gasteiger partial charge on any atom is 0.228 e. The van der Waals surface area contributed by atoms with Gasteiger partial charge in [-0.3, -0.25) is 4.79 Å². The molecule has 2 aromatic heterocycles. The predicted molar refractivity (Wildman–Crippen MR) is 85.7 cm³/mol. The molecule has 3 rings (SSSR count). The smallest absolute Gasteiger partial charge is 0.228 e. The van der Waals surface area contributed by atoms with Gasteiger partial charge in [0, 0.05) is 6.07 Å². The molecular weight excluding hydrogens is 314 g/mol. The van der Waals surface area contributed by atoms with Crippen LogP contribution in [0, 0.1) is 6.92 Å². The number of nitrogens with two attached hydrogens (primary N) is 1. The van der Waals surface area contributed by atoms with Crippen molar-refractivity contribution >= 4 is 22.4 Å². The van der Waals surface area contributed by atoms with E-state index >= 15 is 0 Å². The van der Waals surface area contributed by atoms with Crippen LogP contribution in [-0.2, 0) is 11.2 Å². The van der Waals surface area contributed by atoms with Crippen LogP contribution in [-0.4, -0.2) is 21.3 Å². The first-order valence-corrected chi connectivity index (χ1v) is 7.79. The topological polar surface area (TPSA) is 107 Å². The van der Waals surface area contributed by atoms with Crippen molar-refractivity contribution in [2.45, 2.75) is 19.4 Å². The molecule has 1 amide bonds. The third-order valence-corrected chi connectivity index (χ3v) is 3.97. The second-order valence-electron chi connectivity index (χ2n) is 5.00. The Bertz CT molecular complexity index is 799. The number of amides is 1. The van der Waals surface area contributed by atoms with Crippen molar-refractivity contribution in [3.05, 3.63) is 58.4 Å². The van der Waals surface area contributed by atoms with Crippen LogP contribution in [0.4, 0.5) is 5.13 Å². The van der Waals surface area contributed by atoms with Crippen LogP contribution in [0.5, 0.6) is 0 Å². The number of carbonyl (C=O) groups is 1. The summed E-state index contributed by atoms with van der Waals surface area (Å²) >= 11 is 1.25. The average molecular weight is 329 g/mol. The van der Waals surface area contributed by atoms with Gasteiger partial charge >= 0.3 is 0 Å². The molecule has 0 radical (unpaired) electrons. The summed E-state index contributed by atoms with van der Waals surface area (Å²) in [6.45, 7) is 1.81. The van der Waals surface area contributed by atoms with Gasteiger partial charge in [-0.25, -0.2) is 0 Å². The zero-order chi connectivity index (χ0) is 16.2.